The lowest BCUT2D eigenvalue weighted by molar-refractivity contribution is -0.151. The highest BCUT2D eigenvalue weighted by Gasteiger charge is 2.32. The summed E-state index contributed by atoms with van der Waals surface area (Å²) in [6.07, 6.45) is 0.194. The van der Waals surface area contributed by atoms with E-state index in [0.717, 1.165) is 6.07 Å². The summed E-state index contributed by atoms with van der Waals surface area (Å²) in [5, 5.41) is 0. The molecule has 1 saturated heterocycles. The molecule has 1 aliphatic heterocycles. The molecule has 0 saturated carbocycles. The van der Waals surface area contributed by atoms with Crippen LogP contribution >= 0.6 is 0 Å². The largest absolute Gasteiger partial charge is 0.494 e. The first-order valence-corrected chi connectivity index (χ1v) is 9.48. The van der Waals surface area contributed by atoms with E-state index in [1.807, 2.05) is 0 Å². The van der Waals surface area contributed by atoms with Crippen LogP contribution in [0.2, 0.25) is 0 Å². The number of halogens is 1. The lowest BCUT2D eigenvalue weighted by Crippen LogP contribution is -2.40. The Bertz CT molecular complexity index is 764. The van der Waals surface area contributed by atoms with E-state index >= 15 is 0 Å². The third-order valence-electron chi connectivity index (χ3n) is 4.07. The molecule has 1 aromatic carbocycles. The molecular weight excluding hydrogens is 353 g/mol. The van der Waals surface area contributed by atoms with Crippen LogP contribution in [0.5, 0.6) is 5.75 Å². The third kappa shape index (κ3) is 5.15. The number of methoxy groups -OCH3 is 1. The Morgan fingerprint density at radius 3 is 2.64 bits per heavy atom. The zero-order chi connectivity index (χ0) is 18.6. The average Bonchev–Trinajstić information content (AvgIpc) is 2.92. The number of likely N-dealkylation sites (N-methyl/N-ethyl adjacent to an activating group) is 1. The SMILES string of the molecule is COc1ccc(CC(=O)OCC(=O)N(C)C2CCS(=O)(=O)C2)cc1F. The molecule has 9 heteroatoms. The summed E-state index contributed by atoms with van der Waals surface area (Å²) in [4.78, 5) is 25.1. The monoisotopic (exact) mass is 373 g/mol. The standard InChI is InChI=1S/C16H20FNO6S/c1-18(12-5-6-25(21,22)10-12)15(19)9-24-16(20)8-11-3-4-14(23-2)13(17)7-11/h3-4,7,12H,5-6,8-10H2,1-2H3. The zero-order valence-corrected chi connectivity index (χ0v) is 14.8. The molecule has 0 N–H and O–H groups in total. The molecule has 1 fully saturated rings. The fraction of sp³-hybridized carbons (Fsp3) is 0.500. The summed E-state index contributed by atoms with van der Waals surface area (Å²) >= 11 is 0. The fourth-order valence-electron chi connectivity index (χ4n) is 2.57. The van der Waals surface area contributed by atoms with Crippen molar-refractivity contribution in [2.24, 2.45) is 0 Å². The second kappa shape index (κ2) is 7.81. The summed E-state index contributed by atoms with van der Waals surface area (Å²) in [5.74, 6) is -1.69. The van der Waals surface area contributed by atoms with Crippen molar-refractivity contribution < 1.29 is 31.9 Å². The number of amides is 1. The van der Waals surface area contributed by atoms with Crippen molar-refractivity contribution in [3.63, 3.8) is 0 Å². The topological polar surface area (TPSA) is 90.0 Å². The van der Waals surface area contributed by atoms with Gasteiger partial charge in [-0.2, -0.15) is 0 Å². The Kier molecular flexibility index (Phi) is 5.99. The van der Waals surface area contributed by atoms with Gasteiger partial charge in [0.05, 0.1) is 25.0 Å². The number of sulfone groups is 1. The van der Waals surface area contributed by atoms with Crippen LogP contribution in [0.25, 0.3) is 0 Å². The van der Waals surface area contributed by atoms with Crippen molar-refractivity contribution >= 4 is 21.7 Å². The summed E-state index contributed by atoms with van der Waals surface area (Å²) in [7, 11) is -0.279. The maximum atomic E-state index is 13.6. The lowest BCUT2D eigenvalue weighted by atomic mass is 10.1. The quantitative estimate of drug-likeness (QED) is 0.677. The molecule has 0 aromatic heterocycles. The average molecular weight is 373 g/mol. The van der Waals surface area contributed by atoms with E-state index in [4.69, 9.17) is 9.47 Å². The van der Waals surface area contributed by atoms with Gasteiger partial charge >= 0.3 is 5.97 Å². The van der Waals surface area contributed by atoms with Crippen LogP contribution in [-0.2, 0) is 30.6 Å². The van der Waals surface area contributed by atoms with Gasteiger partial charge in [-0.15, -0.1) is 0 Å². The lowest BCUT2D eigenvalue weighted by Gasteiger charge is -2.23. The van der Waals surface area contributed by atoms with Crippen LogP contribution < -0.4 is 4.74 Å². The highest BCUT2D eigenvalue weighted by molar-refractivity contribution is 7.91. The number of hydrogen-bond acceptors (Lipinski definition) is 6. The number of hydrogen-bond donors (Lipinski definition) is 0. The Balaban J connectivity index is 1.83. The van der Waals surface area contributed by atoms with E-state index in [9.17, 15) is 22.4 Å². The van der Waals surface area contributed by atoms with Gasteiger partial charge in [0, 0.05) is 13.1 Å². The third-order valence-corrected chi connectivity index (χ3v) is 5.82. The first kappa shape index (κ1) is 19.2. The number of nitrogens with zero attached hydrogens (tertiary/aromatic N) is 1. The van der Waals surface area contributed by atoms with Crippen molar-refractivity contribution in [1.82, 2.24) is 4.90 Å². The molecule has 0 spiro atoms. The highest BCUT2D eigenvalue weighted by Crippen LogP contribution is 2.18. The number of benzene rings is 1. The molecule has 0 bridgehead atoms. The van der Waals surface area contributed by atoms with Gasteiger partial charge in [-0.1, -0.05) is 6.07 Å². The zero-order valence-electron chi connectivity index (χ0n) is 14.0. The smallest absolute Gasteiger partial charge is 0.310 e. The summed E-state index contributed by atoms with van der Waals surface area (Å²) in [6, 6.07) is 3.70. The second-order valence-electron chi connectivity index (χ2n) is 5.87. The van der Waals surface area contributed by atoms with Gasteiger partial charge in [0.1, 0.15) is 0 Å². The number of rotatable bonds is 6. The van der Waals surface area contributed by atoms with Crippen LogP contribution in [0.1, 0.15) is 12.0 Å². The Morgan fingerprint density at radius 1 is 1.36 bits per heavy atom. The van der Waals surface area contributed by atoms with Crippen molar-refractivity contribution in [2.45, 2.75) is 18.9 Å². The number of esters is 1. The normalized spacial score (nSPS) is 18.6. The minimum Gasteiger partial charge on any atom is -0.494 e. The minimum atomic E-state index is -3.10. The van der Waals surface area contributed by atoms with Crippen LogP contribution in [0.15, 0.2) is 18.2 Å². The number of ether oxygens (including phenoxy) is 2. The van der Waals surface area contributed by atoms with Gasteiger partial charge in [0.15, 0.2) is 28.0 Å². The van der Waals surface area contributed by atoms with E-state index in [2.05, 4.69) is 0 Å². The van der Waals surface area contributed by atoms with Crippen molar-refractivity contribution in [2.75, 3.05) is 32.3 Å². The molecule has 2 rings (SSSR count). The molecule has 0 radical (unpaired) electrons. The van der Waals surface area contributed by atoms with E-state index in [-0.39, 0.29) is 23.7 Å². The Morgan fingerprint density at radius 2 is 2.08 bits per heavy atom. The summed E-state index contributed by atoms with van der Waals surface area (Å²) in [5.41, 5.74) is 0.394. The summed E-state index contributed by atoms with van der Waals surface area (Å²) in [6.45, 7) is -0.482. The molecule has 25 heavy (non-hydrogen) atoms. The van der Waals surface area contributed by atoms with Crippen LogP contribution in [-0.4, -0.2) is 63.5 Å². The van der Waals surface area contributed by atoms with E-state index < -0.39 is 40.2 Å². The molecule has 0 aliphatic carbocycles. The van der Waals surface area contributed by atoms with Crippen LogP contribution in [0.3, 0.4) is 0 Å². The van der Waals surface area contributed by atoms with Crippen molar-refractivity contribution in [3.05, 3.63) is 29.6 Å². The molecule has 7 nitrogen and oxygen atoms in total. The van der Waals surface area contributed by atoms with Gasteiger partial charge in [0.25, 0.3) is 5.91 Å². The van der Waals surface area contributed by atoms with E-state index in [1.54, 1.807) is 0 Å². The van der Waals surface area contributed by atoms with Gasteiger partial charge in [-0.05, 0) is 24.1 Å². The van der Waals surface area contributed by atoms with E-state index in [1.165, 1.54) is 31.2 Å². The molecule has 1 aliphatic rings. The highest BCUT2D eigenvalue weighted by atomic mass is 32.2. The number of carbonyl (C=O) groups is 2. The first-order valence-electron chi connectivity index (χ1n) is 7.66. The van der Waals surface area contributed by atoms with Crippen LogP contribution in [0, 0.1) is 5.82 Å². The van der Waals surface area contributed by atoms with Gasteiger partial charge in [0.2, 0.25) is 0 Å². The van der Waals surface area contributed by atoms with Gasteiger partial charge in [-0.3, -0.25) is 9.59 Å². The molecule has 1 unspecified atom stereocenters. The molecule has 1 atom stereocenters. The Labute approximate surface area is 145 Å². The molecule has 1 amide bonds. The molecular formula is C16H20FNO6S. The first-order chi connectivity index (χ1) is 11.7. The van der Waals surface area contributed by atoms with Crippen molar-refractivity contribution in [1.29, 1.82) is 0 Å². The predicted molar refractivity (Wildman–Crippen MR) is 87.4 cm³/mol. The summed E-state index contributed by atoms with van der Waals surface area (Å²) < 4.78 is 46.2. The van der Waals surface area contributed by atoms with E-state index in [0.29, 0.717) is 12.0 Å². The maximum absolute atomic E-state index is 13.6. The van der Waals surface area contributed by atoms with Gasteiger partial charge in [-0.25, -0.2) is 12.8 Å². The maximum Gasteiger partial charge on any atom is 0.310 e. The molecule has 1 heterocycles. The van der Waals surface area contributed by atoms with Crippen LogP contribution in [0.4, 0.5) is 4.39 Å². The fourth-order valence-corrected chi connectivity index (χ4v) is 4.34. The number of carbonyl (C=O) groups excluding carboxylic acids is 2. The predicted octanol–water partition coefficient (Wildman–Crippen LogP) is 0.566. The minimum absolute atomic E-state index is 0.0537. The van der Waals surface area contributed by atoms with Gasteiger partial charge < -0.3 is 14.4 Å². The molecule has 1 aromatic rings. The molecule has 138 valence electrons. The van der Waals surface area contributed by atoms with Crippen molar-refractivity contribution in [3.8, 4) is 5.75 Å². The second-order valence-corrected chi connectivity index (χ2v) is 8.10. The Hall–Kier alpha value is -2.16.